The second-order valence-corrected chi connectivity index (χ2v) is 9.73. The van der Waals surface area contributed by atoms with Crippen LogP contribution in [-0.4, -0.2) is 12.3 Å². The van der Waals surface area contributed by atoms with Gasteiger partial charge in [-0.25, -0.2) is 0 Å². The zero-order valence-electron chi connectivity index (χ0n) is 23.2. The summed E-state index contributed by atoms with van der Waals surface area (Å²) >= 11 is 0. The molecular weight excluding hydrogens is 458 g/mol. The number of hydrogen-bond acceptors (Lipinski definition) is 1. The van der Waals surface area contributed by atoms with Crippen molar-refractivity contribution in [3.8, 4) is 11.1 Å². The number of benzene rings is 3. The summed E-state index contributed by atoms with van der Waals surface area (Å²) in [5.74, 6) is 0. The van der Waals surface area contributed by atoms with Crippen LogP contribution >= 0.6 is 0 Å². The van der Waals surface area contributed by atoms with Crippen LogP contribution in [0.3, 0.4) is 0 Å². The minimum atomic E-state index is 0.697. The highest BCUT2D eigenvalue weighted by molar-refractivity contribution is 6.13. The zero-order valence-corrected chi connectivity index (χ0v) is 23.2. The van der Waals surface area contributed by atoms with E-state index in [2.05, 4.69) is 143 Å². The lowest BCUT2D eigenvalue weighted by molar-refractivity contribution is 1.00. The first kappa shape index (κ1) is 27.1. The molecule has 0 N–H and O–H groups in total. The van der Waals surface area contributed by atoms with Gasteiger partial charge in [0.15, 0.2) is 0 Å². The maximum absolute atomic E-state index is 5.04. The maximum atomic E-state index is 5.04. The summed E-state index contributed by atoms with van der Waals surface area (Å²) in [6, 6.07) is 28.2. The lowest BCUT2D eigenvalue weighted by Gasteiger charge is -2.13. The molecule has 0 bridgehead atoms. The van der Waals surface area contributed by atoms with E-state index in [9.17, 15) is 0 Å². The van der Waals surface area contributed by atoms with Crippen LogP contribution in [0.1, 0.15) is 63.6 Å². The predicted octanol–water partition coefficient (Wildman–Crippen LogP) is 10.2. The summed E-state index contributed by atoms with van der Waals surface area (Å²) in [5.41, 5.74) is 12.2. The molecule has 0 saturated carbocycles. The molecule has 4 rings (SSSR count). The molecule has 0 heterocycles. The van der Waals surface area contributed by atoms with Gasteiger partial charge in [0.05, 0.1) is 12.3 Å². The van der Waals surface area contributed by atoms with Crippen molar-refractivity contribution >= 4 is 11.3 Å². The Morgan fingerprint density at radius 3 is 2.11 bits per heavy atom. The van der Waals surface area contributed by atoms with E-state index in [4.69, 9.17) is 4.99 Å². The predicted molar refractivity (Wildman–Crippen MR) is 167 cm³/mol. The number of hydrogen-bond donors (Lipinski definition) is 0. The van der Waals surface area contributed by atoms with Crippen LogP contribution in [-0.2, 0) is 0 Å². The van der Waals surface area contributed by atoms with Gasteiger partial charge in [0.1, 0.15) is 0 Å². The quantitative estimate of drug-likeness (QED) is 0.158. The van der Waals surface area contributed by atoms with Crippen LogP contribution < -0.4 is 0 Å². The van der Waals surface area contributed by atoms with Crippen LogP contribution in [0.2, 0.25) is 0 Å². The molecule has 3 aromatic rings. The molecule has 0 saturated heterocycles. The third-order valence-corrected chi connectivity index (χ3v) is 7.08. The van der Waals surface area contributed by atoms with Crippen LogP contribution in [0, 0.1) is 0 Å². The van der Waals surface area contributed by atoms with E-state index in [1.165, 1.54) is 39.0 Å². The Hall–Kier alpha value is -3.97. The topological polar surface area (TPSA) is 12.4 Å². The van der Waals surface area contributed by atoms with Crippen LogP contribution in [0.15, 0.2) is 137 Å². The first-order chi connectivity index (χ1) is 18.6. The van der Waals surface area contributed by atoms with Gasteiger partial charge in [0, 0.05) is 11.1 Å². The Morgan fingerprint density at radius 2 is 1.47 bits per heavy atom. The van der Waals surface area contributed by atoms with Crippen molar-refractivity contribution in [3.63, 3.8) is 0 Å². The van der Waals surface area contributed by atoms with Gasteiger partial charge in [-0.15, -0.1) is 0 Å². The Kier molecular flexibility index (Phi) is 9.65. The maximum Gasteiger partial charge on any atom is 0.0723 e. The van der Waals surface area contributed by atoms with Gasteiger partial charge in [-0.1, -0.05) is 116 Å². The zero-order chi connectivity index (χ0) is 26.7. The van der Waals surface area contributed by atoms with Crippen molar-refractivity contribution in [2.75, 3.05) is 6.54 Å². The van der Waals surface area contributed by atoms with Crippen LogP contribution in [0.4, 0.5) is 0 Å². The summed E-state index contributed by atoms with van der Waals surface area (Å²) in [7, 11) is 0. The van der Waals surface area contributed by atoms with E-state index < -0.39 is 0 Å². The fourth-order valence-electron chi connectivity index (χ4n) is 4.73. The molecule has 1 aliphatic carbocycles. The fourth-order valence-corrected chi connectivity index (χ4v) is 4.73. The molecule has 0 aromatic heterocycles. The van der Waals surface area contributed by atoms with Crippen molar-refractivity contribution in [3.05, 3.63) is 149 Å². The van der Waals surface area contributed by atoms with E-state index in [-0.39, 0.29) is 0 Å². The standard InChI is InChI=1S/C37H39N/c1-5-28(4)27-38-37(32-18-12-9-13-19-32)36-23-15-22-35(26-36)34-21-14-20-33(25-34)30(7-3)24-29(6-2)31-16-10-8-11-17-31/h5,7,9-10,12-26H,6,8,11,27H2,1-4H3/b28-5+,29-24+,30-7+,38-37?. The highest BCUT2D eigenvalue weighted by Gasteiger charge is 2.10. The average molecular weight is 498 g/mol. The fraction of sp³-hybridized carbons (Fsp3) is 0.216. The van der Waals surface area contributed by atoms with Gasteiger partial charge in [-0.2, -0.15) is 0 Å². The largest absolute Gasteiger partial charge is 0.280 e. The molecule has 0 radical (unpaired) electrons. The van der Waals surface area contributed by atoms with Crippen LogP contribution in [0.25, 0.3) is 16.7 Å². The first-order valence-corrected chi connectivity index (χ1v) is 13.8. The average Bonchev–Trinajstić information content (AvgIpc) is 2.99. The van der Waals surface area contributed by atoms with Crippen molar-refractivity contribution in [1.29, 1.82) is 0 Å². The lowest BCUT2D eigenvalue weighted by atomic mass is 9.92. The Labute approximate surface area is 229 Å². The van der Waals surface area contributed by atoms with Crippen molar-refractivity contribution < 1.29 is 0 Å². The Morgan fingerprint density at radius 1 is 0.789 bits per heavy atom. The molecule has 0 aliphatic heterocycles. The summed E-state index contributed by atoms with van der Waals surface area (Å²) in [6.07, 6.45) is 16.9. The Bertz CT molecular complexity index is 1420. The molecule has 0 fully saturated rings. The molecule has 38 heavy (non-hydrogen) atoms. The minimum Gasteiger partial charge on any atom is -0.280 e. The highest BCUT2D eigenvalue weighted by atomic mass is 14.7. The number of aliphatic imine (C=N–C) groups is 1. The molecule has 0 unspecified atom stereocenters. The molecule has 1 nitrogen and oxygen atoms in total. The van der Waals surface area contributed by atoms with Gasteiger partial charge >= 0.3 is 0 Å². The first-order valence-electron chi connectivity index (χ1n) is 13.8. The third kappa shape index (κ3) is 6.86. The molecule has 0 spiro atoms. The molecule has 1 aliphatic rings. The number of allylic oxidation sites excluding steroid dienone is 9. The smallest absolute Gasteiger partial charge is 0.0723 e. The molecule has 0 amide bonds. The van der Waals surface area contributed by atoms with Crippen molar-refractivity contribution in [1.82, 2.24) is 0 Å². The monoisotopic (exact) mass is 497 g/mol. The third-order valence-electron chi connectivity index (χ3n) is 7.08. The summed E-state index contributed by atoms with van der Waals surface area (Å²) in [6.45, 7) is 9.27. The van der Waals surface area contributed by atoms with Gasteiger partial charge in [-0.05, 0) is 85.6 Å². The summed E-state index contributed by atoms with van der Waals surface area (Å²) in [4.78, 5) is 5.04. The Balaban J connectivity index is 1.70. The highest BCUT2D eigenvalue weighted by Crippen LogP contribution is 2.29. The van der Waals surface area contributed by atoms with Crippen LogP contribution in [0.5, 0.6) is 0 Å². The number of rotatable bonds is 9. The molecule has 1 heteroatoms. The molecular formula is C37H39N. The number of nitrogens with zero attached hydrogens (tertiary/aromatic N) is 1. The van der Waals surface area contributed by atoms with E-state index in [1.807, 2.05) is 0 Å². The van der Waals surface area contributed by atoms with E-state index >= 15 is 0 Å². The molecule has 3 aromatic carbocycles. The van der Waals surface area contributed by atoms with Crippen molar-refractivity contribution in [2.45, 2.75) is 47.0 Å². The van der Waals surface area contributed by atoms with Crippen molar-refractivity contribution in [2.24, 2.45) is 4.99 Å². The minimum absolute atomic E-state index is 0.697. The van der Waals surface area contributed by atoms with E-state index in [0.717, 1.165) is 36.1 Å². The second-order valence-electron chi connectivity index (χ2n) is 9.73. The summed E-state index contributed by atoms with van der Waals surface area (Å²) in [5, 5.41) is 0. The SMILES string of the molecule is C/C=C(\C)CN=C(c1ccccc1)c1cccc(-c2cccc(C(/C=C(\CC)C3=CCCC=C3)=C/C)c2)c1. The van der Waals surface area contributed by atoms with E-state index in [1.54, 1.807) is 0 Å². The van der Waals surface area contributed by atoms with Gasteiger partial charge in [0.25, 0.3) is 0 Å². The van der Waals surface area contributed by atoms with Gasteiger partial charge < -0.3 is 0 Å². The molecule has 192 valence electrons. The second kappa shape index (κ2) is 13.5. The molecule has 0 atom stereocenters. The normalized spacial score (nSPS) is 15.0. The van der Waals surface area contributed by atoms with E-state index in [0.29, 0.717) is 6.54 Å². The van der Waals surface area contributed by atoms with Gasteiger partial charge in [-0.3, -0.25) is 4.99 Å². The van der Waals surface area contributed by atoms with Gasteiger partial charge in [0.2, 0.25) is 0 Å². The summed E-state index contributed by atoms with van der Waals surface area (Å²) < 4.78 is 0. The lowest BCUT2D eigenvalue weighted by Crippen LogP contribution is -2.05.